The fraction of sp³-hybridized carbons (Fsp3) is 0.923. The van der Waals surface area contributed by atoms with Crippen LogP contribution in [-0.2, 0) is 9.53 Å². The zero-order chi connectivity index (χ0) is 11.3. The number of carbonyl (C=O) groups excluding carboxylic acids is 1. The first-order valence-electron chi connectivity index (χ1n) is 6.54. The molecule has 4 rings (SSSR count). The summed E-state index contributed by atoms with van der Waals surface area (Å²) in [6.07, 6.45) is 4.99. The fourth-order valence-electron chi connectivity index (χ4n) is 4.45. The highest BCUT2D eigenvalue weighted by molar-refractivity contribution is 5.74. The summed E-state index contributed by atoms with van der Waals surface area (Å²) in [4.78, 5) is 11.9. The Morgan fingerprint density at radius 3 is 2.75 bits per heavy atom. The predicted molar refractivity (Wildman–Crippen MR) is 60.8 cm³/mol. The topological polar surface area (TPSA) is 38.3 Å². The molecule has 2 aliphatic carbocycles. The highest BCUT2D eigenvalue weighted by atomic mass is 16.5. The minimum absolute atomic E-state index is 0.0137. The Morgan fingerprint density at radius 1 is 1.19 bits per heavy atom. The van der Waals surface area contributed by atoms with Crippen molar-refractivity contribution in [3.8, 4) is 0 Å². The molecule has 3 heteroatoms. The molecular formula is C13H21NO2. The van der Waals surface area contributed by atoms with Crippen LogP contribution in [0.25, 0.3) is 0 Å². The van der Waals surface area contributed by atoms with Crippen LogP contribution >= 0.6 is 0 Å². The first-order chi connectivity index (χ1) is 7.70. The van der Waals surface area contributed by atoms with Gasteiger partial charge in [0, 0.05) is 12.1 Å². The number of esters is 1. The molecule has 0 unspecified atom stereocenters. The monoisotopic (exact) mass is 223 g/mol. The van der Waals surface area contributed by atoms with Gasteiger partial charge in [0.2, 0.25) is 0 Å². The van der Waals surface area contributed by atoms with Crippen LogP contribution in [0.5, 0.6) is 0 Å². The molecule has 3 nitrogen and oxygen atoms in total. The maximum atomic E-state index is 11.9. The number of nitrogens with one attached hydrogen (secondary N) is 1. The summed E-state index contributed by atoms with van der Waals surface area (Å²) in [5.41, 5.74) is 0. The van der Waals surface area contributed by atoms with E-state index in [1.165, 1.54) is 26.4 Å². The summed E-state index contributed by atoms with van der Waals surface area (Å²) in [5, 5.41) is 3.68. The van der Waals surface area contributed by atoms with E-state index in [-0.39, 0.29) is 11.9 Å². The van der Waals surface area contributed by atoms with Gasteiger partial charge in [0.25, 0.3) is 0 Å². The molecule has 0 amide bonds. The van der Waals surface area contributed by atoms with Gasteiger partial charge < -0.3 is 10.1 Å². The first-order valence-corrected chi connectivity index (χ1v) is 6.54. The Morgan fingerprint density at radius 2 is 2.00 bits per heavy atom. The number of ether oxygens (including phenoxy) is 1. The lowest BCUT2D eigenvalue weighted by Crippen LogP contribution is -2.65. The highest BCUT2D eigenvalue weighted by Gasteiger charge is 2.53. The van der Waals surface area contributed by atoms with E-state index in [0.717, 1.165) is 18.3 Å². The molecule has 0 spiro atoms. The van der Waals surface area contributed by atoms with E-state index in [2.05, 4.69) is 12.2 Å². The average molecular weight is 223 g/mol. The van der Waals surface area contributed by atoms with Gasteiger partial charge in [-0.1, -0.05) is 6.92 Å². The highest BCUT2D eigenvalue weighted by Crippen LogP contribution is 2.50. The van der Waals surface area contributed by atoms with Crippen LogP contribution in [-0.4, -0.2) is 25.2 Å². The maximum Gasteiger partial charge on any atom is 0.310 e. The largest absolute Gasteiger partial charge is 0.469 e. The van der Waals surface area contributed by atoms with Gasteiger partial charge in [-0.05, 0) is 43.4 Å². The predicted octanol–water partition coefficient (Wildman–Crippen LogP) is 1.57. The molecule has 0 radical (unpaired) electrons. The van der Waals surface area contributed by atoms with Gasteiger partial charge in [-0.2, -0.15) is 0 Å². The Labute approximate surface area is 96.9 Å². The summed E-state index contributed by atoms with van der Waals surface area (Å²) in [6, 6.07) is 1.06. The Hall–Kier alpha value is -0.570. The number of fused-ring (bicyclic) bond motifs is 1. The molecule has 90 valence electrons. The van der Waals surface area contributed by atoms with Crippen molar-refractivity contribution < 1.29 is 9.53 Å². The zero-order valence-electron chi connectivity index (χ0n) is 10.1. The molecule has 0 aromatic heterocycles. The van der Waals surface area contributed by atoms with E-state index in [9.17, 15) is 4.79 Å². The number of methoxy groups -OCH3 is 1. The van der Waals surface area contributed by atoms with Crippen molar-refractivity contribution in [3.05, 3.63) is 0 Å². The third kappa shape index (κ3) is 1.41. The number of hydrogen-bond acceptors (Lipinski definition) is 3. The van der Waals surface area contributed by atoms with Crippen LogP contribution in [0.2, 0.25) is 0 Å². The SMILES string of the molecule is COC(=O)[C@H]1[C@@H]2C[C@@H](C)C[C@@H]3N[C@H]1CC[C@H]23. The quantitative estimate of drug-likeness (QED) is 0.686. The van der Waals surface area contributed by atoms with Gasteiger partial charge in [0.15, 0.2) is 0 Å². The normalized spacial score (nSPS) is 50.1. The molecule has 2 saturated carbocycles. The van der Waals surface area contributed by atoms with E-state index < -0.39 is 0 Å². The van der Waals surface area contributed by atoms with Gasteiger partial charge in [-0.15, -0.1) is 0 Å². The number of carbonyl (C=O) groups is 1. The van der Waals surface area contributed by atoms with Gasteiger partial charge >= 0.3 is 5.97 Å². The van der Waals surface area contributed by atoms with Crippen molar-refractivity contribution in [1.29, 1.82) is 0 Å². The summed E-state index contributed by atoms with van der Waals surface area (Å²) >= 11 is 0. The second-order valence-electron chi connectivity index (χ2n) is 5.91. The van der Waals surface area contributed by atoms with E-state index >= 15 is 0 Å². The molecule has 2 saturated heterocycles. The lowest BCUT2D eigenvalue weighted by Gasteiger charge is -2.56. The van der Waals surface area contributed by atoms with E-state index in [4.69, 9.17) is 4.74 Å². The van der Waals surface area contributed by atoms with Gasteiger partial charge in [-0.3, -0.25) is 4.79 Å². The summed E-state index contributed by atoms with van der Waals surface area (Å²) in [5.74, 6) is 2.21. The number of piperidine rings is 2. The standard InChI is InChI=1S/C13H21NO2/c1-7-5-9-8-3-4-10(14-11(8)6-7)12(9)13(15)16-2/h7-12,14H,3-6H2,1-2H3/t7-,8-,9-,10+,11+,12+/m1/s1. The molecule has 4 aliphatic rings. The summed E-state index contributed by atoms with van der Waals surface area (Å²) < 4.78 is 4.99. The Balaban J connectivity index is 1.88. The van der Waals surface area contributed by atoms with Crippen LogP contribution < -0.4 is 5.32 Å². The van der Waals surface area contributed by atoms with Crippen LogP contribution in [0, 0.1) is 23.7 Å². The second-order valence-corrected chi connectivity index (χ2v) is 5.91. The van der Waals surface area contributed by atoms with Crippen molar-refractivity contribution in [3.63, 3.8) is 0 Å². The van der Waals surface area contributed by atoms with Gasteiger partial charge in [-0.25, -0.2) is 0 Å². The van der Waals surface area contributed by atoms with Crippen LogP contribution in [0.3, 0.4) is 0 Å². The molecule has 0 aromatic carbocycles. The number of hydrogen-bond donors (Lipinski definition) is 1. The van der Waals surface area contributed by atoms with Crippen molar-refractivity contribution in [2.24, 2.45) is 23.7 Å². The maximum absolute atomic E-state index is 11.9. The molecule has 4 fully saturated rings. The van der Waals surface area contributed by atoms with Crippen LogP contribution in [0.4, 0.5) is 0 Å². The molecule has 0 aromatic rings. The summed E-state index contributed by atoms with van der Waals surface area (Å²) in [7, 11) is 1.52. The Kier molecular flexibility index (Phi) is 2.46. The van der Waals surface area contributed by atoms with E-state index in [1.807, 2.05) is 0 Å². The lowest BCUT2D eigenvalue weighted by atomic mass is 9.56. The van der Waals surface area contributed by atoms with E-state index in [1.54, 1.807) is 0 Å². The lowest BCUT2D eigenvalue weighted by molar-refractivity contribution is -0.157. The molecule has 1 N–H and O–H groups in total. The molecule has 2 aliphatic heterocycles. The number of rotatable bonds is 1. The molecule has 16 heavy (non-hydrogen) atoms. The van der Waals surface area contributed by atoms with Crippen molar-refractivity contribution in [2.75, 3.05) is 7.11 Å². The smallest absolute Gasteiger partial charge is 0.310 e. The molecule has 6 atom stereocenters. The van der Waals surface area contributed by atoms with Gasteiger partial charge in [0.1, 0.15) is 0 Å². The van der Waals surface area contributed by atoms with Crippen LogP contribution in [0.15, 0.2) is 0 Å². The van der Waals surface area contributed by atoms with Gasteiger partial charge in [0.05, 0.1) is 13.0 Å². The second kappa shape index (κ2) is 3.73. The molecule has 2 heterocycles. The fourth-order valence-corrected chi connectivity index (χ4v) is 4.45. The third-order valence-electron chi connectivity index (χ3n) is 5.00. The molecular weight excluding hydrogens is 202 g/mol. The minimum Gasteiger partial charge on any atom is -0.469 e. The Bertz CT molecular complexity index is 304. The third-order valence-corrected chi connectivity index (χ3v) is 5.00. The van der Waals surface area contributed by atoms with E-state index in [0.29, 0.717) is 18.0 Å². The van der Waals surface area contributed by atoms with Crippen molar-refractivity contribution in [1.82, 2.24) is 5.32 Å². The van der Waals surface area contributed by atoms with Crippen molar-refractivity contribution in [2.45, 2.75) is 44.7 Å². The molecule has 4 bridgehead atoms. The van der Waals surface area contributed by atoms with Crippen LogP contribution in [0.1, 0.15) is 32.6 Å². The first kappa shape index (κ1) is 10.6. The van der Waals surface area contributed by atoms with Crippen molar-refractivity contribution >= 4 is 5.97 Å². The zero-order valence-corrected chi connectivity index (χ0v) is 10.1. The average Bonchev–Trinajstić information content (AvgIpc) is 2.28. The summed E-state index contributed by atoms with van der Waals surface area (Å²) in [6.45, 7) is 2.31. The minimum atomic E-state index is 0.0137.